The molecular weight excluding hydrogens is 665 g/mol. The lowest BCUT2D eigenvalue weighted by Crippen LogP contribution is -2.78. The molecule has 0 amide bonds. The highest BCUT2D eigenvalue weighted by atomic mass is 19.4. The van der Waals surface area contributed by atoms with Gasteiger partial charge < -0.3 is 5.11 Å². The van der Waals surface area contributed by atoms with Gasteiger partial charge in [0.15, 0.2) is 0 Å². The van der Waals surface area contributed by atoms with Gasteiger partial charge in [-0.3, -0.25) is 0 Å². The second-order valence-corrected chi connectivity index (χ2v) is 7.12. The maximum absolute atomic E-state index is 13.5. The van der Waals surface area contributed by atoms with Crippen molar-refractivity contribution in [3.05, 3.63) is 0 Å². The predicted molar refractivity (Wildman–Crippen MR) is 68.1 cm³/mol. The summed E-state index contributed by atoms with van der Waals surface area (Å²) in [5.41, 5.74) is 0. The summed E-state index contributed by atoms with van der Waals surface area (Å²) in [6.45, 7) is 0. The highest BCUT2D eigenvalue weighted by Gasteiger charge is 2.99. The van der Waals surface area contributed by atoms with E-state index in [2.05, 4.69) is 0 Å². The number of rotatable bonds is 11. The van der Waals surface area contributed by atoms with Crippen LogP contribution in [-0.2, 0) is 4.79 Å². The number of hydrogen-bond donors (Lipinski definition) is 1. The molecule has 40 heavy (non-hydrogen) atoms. The molecule has 27 heteroatoms. The standard InChI is InChI=1S/C13HF25O2/c14-2(15,1(39)40)3(16,17)4(18,19)5(20,21)6(22,23)7(24,25)8(26,27)9(28,29)10(30,31)11(32,33)12(34,35)13(36,37)38/h(H,39,40)/i1+1,2+1. The van der Waals surface area contributed by atoms with Crippen LogP contribution in [0.25, 0.3) is 0 Å². The number of alkyl halides is 25. The van der Waals surface area contributed by atoms with Crippen molar-refractivity contribution in [1.82, 2.24) is 0 Å². The highest BCUT2D eigenvalue weighted by Crippen LogP contribution is 2.67. The Morgan fingerprint density at radius 3 is 0.600 bits per heavy atom. The lowest BCUT2D eigenvalue weighted by Gasteiger charge is -2.45. The molecule has 0 aliphatic rings. The lowest BCUT2D eigenvalue weighted by molar-refractivity contribution is -0.481. The van der Waals surface area contributed by atoms with Crippen molar-refractivity contribution in [3.8, 4) is 0 Å². The van der Waals surface area contributed by atoms with Crippen LogP contribution in [0.1, 0.15) is 0 Å². The summed E-state index contributed by atoms with van der Waals surface area (Å²) in [7, 11) is 0. The first-order chi connectivity index (χ1) is 16.7. The fraction of sp³-hybridized carbons (Fsp3) is 0.923. The third-order valence-corrected chi connectivity index (χ3v) is 4.57. The minimum Gasteiger partial charge on any atom is -0.477 e. The zero-order chi connectivity index (χ0) is 33.6. The second kappa shape index (κ2) is 8.86. The van der Waals surface area contributed by atoms with Gasteiger partial charge in [0.1, 0.15) is 0 Å². The summed E-state index contributed by atoms with van der Waals surface area (Å²) < 4.78 is 326. The van der Waals surface area contributed by atoms with E-state index in [1.54, 1.807) is 0 Å². The number of carboxylic acid groups (broad SMARTS) is 1. The van der Waals surface area contributed by atoms with Gasteiger partial charge in [0.05, 0.1) is 0 Å². The average molecular weight is 666 g/mol. The van der Waals surface area contributed by atoms with Crippen molar-refractivity contribution in [2.24, 2.45) is 0 Å². The summed E-state index contributed by atoms with van der Waals surface area (Å²) in [5.74, 6) is -105. The SMILES string of the molecule is O=[13C](O)[13C](F)(F)C(F)(F)C(F)(F)C(F)(F)C(F)(F)C(F)(F)C(F)(F)C(F)(F)C(F)(F)C(F)(F)C(F)(F)C(F)(F)F. The number of halogens is 25. The zero-order valence-electron chi connectivity index (χ0n) is 16.8. The Bertz CT molecular complexity index is 970. The van der Waals surface area contributed by atoms with Gasteiger partial charge in [-0.1, -0.05) is 0 Å². The van der Waals surface area contributed by atoms with Crippen LogP contribution < -0.4 is 0 Å². The molecule has 240 valence electrons. The van der Waals surface area contributed by atoms with Gasteiger partial charge in [-0.15, -0.1) is 0 Å². The van der Waals surface area contributed by atoms with E-state index in [0.29, 0.717) is 0 Å². The summed E-state index contributed by atoms with van der Waals surface area (Å²) in [6.07, 6.45) is -8.20. The first kappa shape index (κ1) is 37.7. The maximum atomic E-state index is 13.5. The van der Waals surface area contributed by atoms with E-state index in [1.807, 2.05) is 0 Å². The fourth-order valence-electron chi connectivity index (χ4n) is 2.09. The largest absolute Gasteiger partial charge is 0.477 e. The summed E-state index contributed by atoms with van der Waals surface area (Å²) in [4.78, 5) is 9.88. The average Bonchev–Trinajstić information content (AvgIpc) is 2.71. The van der Waals surface area contributed by atoms with Gasteiger partial charge in [0, 0.05) is 0 Å². The monoisotopic (exact) mass is 666 g/mol. The molecule has 1 N–H and O–H groups in total. The van der Waals surface area contributed by atoms with Crippen LogP contribution in [0.4, 0.5) is 110 Å². The topological polar surface area (TPSA) is 37.3 Å². The Morgan fingerprint density at radius 2 is 0.450 bits per heavy atom. The van der Waals surface area contributed by atoms with Crippen molar-refractivity contribution in [1.29, 1.82) is 0 Å². The number of carboxylic acids is 1. The van der Waals surface area contributed by atoms with Gasteiger partial charge in [-0.25, -0.2) is 4.79 Å². The van der Waals surface area contributed by atoms with E-state index in [1.165, 1.54) is 0 Å². The molecule has 0 rings (SSSR count). The molecule has 0 aliphatic carbocycles. The fourth-order valence-corrected chi connectivity index (χ4v) is 2.09. The molecule has 0 bridgehead atoms. The third kappa shape index (κ3) is 4.08. The van der Waals surface area contributed by atoms with Gasteiger partial charge in [-0.2, -0.15) is 110 Å². The van der Waals surface area contributed by atoms with Crippen LogP contribution in [-0.4, -0.2) is 82.4 Å². The molecule has 0 heterocycles. The Kier molecular flexibility index (Phi) is 8.35. The first-order valence-corrected chi connectivity index (χ1v) is 8.15. The van der Waals surface area contributed by atoms with Crippen molar-refractivity contribution >= 4 is 5.97 Å². The van der Waals surface area contributed by atoms with Crippen molar-refractivity contribution in [2.45, 2.75) is 71.3 Å². The summed E-state index contributed by atoms with van der Waals surface area (Å²) in [5, 5.41) is 7.63. The summed E-state index contributed by atoms with van der Waals surface area (Å²) in [6, 6.07) is 0. The number of aliphatic carboxylic acids is 1. The Hall–Kier alpha value is -2.28. The van der Waals surface area contributed by atoms with Crippen LogP contribution in [0.15, 0.2) is 0 Å². The Labute approximate surface area is 198 Å². The van der Waals surface area contributed by atoms with E-state index in [0.717, 1.165) is 0 Å². The van der Waals surface area contributed by atoms with E-state index >= 15 is 0 Å². The van der Waals surface area contributed by atoms with Crippen molar-refractivity contribution in [3.63, 3.8) is 0 Å². The number of hydrogen-bond acceptors (Lipinski definition) is 1. The molecule has 0 saturated heterocycles. The minimum absolute atomic E-state index is 4.67. The molecule has 0 aliphatic heterocycles. The molecule has 0 unspecified atom stereocenters. The molecule has 0 aromatic rings. The molecule has 0 fully saturated rings. The van der Waals surface area contributed by atoms with Crippen molar-refractivity contribution in [2.75, 3.05) is 0 Å². The smallest absolute Gasteiger partial charge is 0.460 e. The second-order valence-electron chi connectivity index (χ2n) is 7.12. The Morgan fingerprint density at radius 1 is 0.300 bits per heavy atom. The van der Waals surface area contributed by atoms with Gasteiger partial charge >= 0.3 is 77.3 Å². The van der Waals surface area contributed by atoms with Crippen LogP contribution in [0.2, 0.25) is 0 Å². The van der Waals surface area contributed by atoms with E-state index in [4.69, 9.17) is 5.11 Å². The molecule has 0 aromatic heterocycles. The maximum Gasteiger partial charge on any atom is 0.460 e. The molecule has 0 atom stereocenters. The zero-order valence-corrected chi connectivity index (χ0v) is 16.8. The summed E-state index contributed by atoms with van der Waals surface area (Å²) >= 11 is 0. The molecule has 2 nitrogen and oxygen atoms in total. The van der Waals surface area contributed by atoms with Gasteiger partial charge in [0.2, 0.25) is 0 Å². The van der Waals surface area contributed by atoms with Gasteiger partial charge in [0.25, 0.3) is 0 Å². The molecule has 0 aromatic carbocycles. The third-order valence-electron chi connectivity index (χ3n) is 4.57. The quantitative estimate of drug-likeness (QED) is 0.182. The molecule has 0 spiro atoms. The van der Waals surface area contributed by atoms with Crippen molar-refractivity contribution < 1.29 is 120 Å². The normalized spacial score (nSPS) is 16.8. The minimum atomic E-state index is -9.68. The van der Waals surface area contributed by atoms with Crippen LogP contribution in [0.3, 0.4) is 0 Å². The molecule has 0 radical (unpaired) electrons. The predicted octanol–water partition coefficient (Wildman–Crippen LogP) is 7.62. The van der Waals surface area contributed by atoms with Crippen LogP contribution in [0.5, 0.6) is 0 Å². The van der Waals surface area contributed by atoms with Crippen LogP contribution >= 0.6 is 0 Å². The molecular formula is C13HF25O2. The van der Waals surface area contributed by atoms with E-state index in [-0.39, 0.29) is 0 Å². The van der Waals surface area contributed by atoms with E-state index < -0.39 is 77.3 Å². The number of carbonyl (C=O) groups is 1. The first-order valence-electron chi connectivity index (χ1n) is 8.15. The van der Waals surface area contributed by atoms with Gasteiger partial charge in [-0.05, 0) is 0 Å². The Balaban J connectivity index is 7.37. The van der Waals surface area contributed by atoms with E-state index in [9.17, 15) is 115 Å². The van der Waals surface area contributed by atoms with Crippen LogP contribution in [0, 0.1) is 0 Å². The molecule has 0 saturated carbocycles. The highest BCUT2D eigenvalue weighted by molar-refractivity contribution is 5.77. The lowest BCUT2D eigenvalue weighted by atomic mass is 9.85.